The lowest BCUT2D eigenvalue weighted by molar-refractivity contribution is -0.133. The van der Waals surface area contributed by atoms with Gasteiger partial charge in [-0.05, 0) is 36.4 Å². The van der Waals surface area contributed by atoms with Crippen LogP contribution in [0.5, 0.6) is 0 Å². The summed E-state index contributed by atoms with van der Waals surface area (Å²) in [6.45, 7) is 0. The first kappa shape index (κ1) is 15.3. The molecule has 0 aromatic heterocycles. The van der Waals surface area contributed by atoms with Gasteiger partial charge in [-0.2, -0.15) is 0 Å². The van der Waals surface area contributed by atoms with Crippen molar-refractivity contribution in [2.24, 2.45) is 0 Å². The van der Waals surface area contributed by atoms with Crippen molar-refractivity contribution in [1.82, 2.24) is 0 Å². The van der Waals surface area contributed by atoms with Crippen LogP contribution in [0.25, 0.3) is 0 Å². The number of hydrogen-bond donors (Lipinski definition) is 2. The summed E-state index contributed by atoms with van der Waals surface area (Å²) >= 11 is 11.6. The van der Waals surface area contributed by atoms with Gasteiger partial charge in [-0.25, -0.2) is 4.39 Å². The van der Waals surface area contributed by atoms with Crippen LogP contribution in [0.1, 0.15) is 0 Å². The Morgan fingerprint density at radius 3 is 2.00 bits per heavy atom. The molecule has 0 atom stereocenters. The number of amides is 2. The van der Waals surface area contributed by atoms with Crippen molar-refractivity contribution in [1.29, 1.82) is 0 Å². The van der Waals surface area contributed by atoms with Gasteiger partial charge in [0.15, 0.2) is 0 Å². The quantitative estimate of drug-likeness (QED) is 0.826. The Labute approximate surface area is 129 Å². The summed E-state index contributed by atoms with van der Waals surface area (Å²) in [6.07, 6.45) is 0. The molecular formula is C14H9Cl2FN2O2. The number of anilines is 2. The van der Waals surface area contributed by atoms with E-state index in [9.17, 15) is 14.0 Å². The van der Waals surface area contributed by atoms with E-state index in [-0.39, 0.29) is 11.4 Å². The molecule has 0 bridgehead atoms. The largest absolute Gasteiger partial charge is 0.318 e. The van der Waals surface area contributed by atoms with Crippen LogP contribution in [0.4, 0.5) is 15.8 Å². The van der Waals surface area contributed by atoms with Crippen LogP contribution < -0.4 is 10.6 Å². The van der Waals surface area contributed by atoms with Crippen LogP contribution in [0.2, 0.25) is 10.0 Å². The third kappa shape index (κ3) is 4.44. The minimum atomic E-state index is -0.934. The fourth-order valence-electron chi connectivity index (χ4n) is 1.57. The van der Waals surface area contributed by atoms with Crippen molar-refractivity contribution in [3.05, 3.63) is 58.3 Å². The predicted molar refractivity (Wildman–Crippen MR) is 80.1 cm³/mol. The van der Waals surface area contributed by atoms with E-state index in [1.807, 2.05) is 0 Å². The van der Waals surface area contributed by atoms with Gasteiger partial charge in [0, 0.05) is 21.4 Å². The fourth-order valence-corrected chi connectivity index (χ4v) is 2.09. The lowest BCUT2D eigenvalue weighted by atomic mass is 10.3. The average molecular weight is 327 g/mol. The fraction of sp³-hybridized carbons (Fsp3) is 0. The van der Waals surface area contributed by atoms with Gasteiger partial charge in [0.05, 0.1) is 0 Å². The summed E-state index contributed by atoms with van der Waals surface area (Å²) in [5.41, 5.74) is 0.464. The van der Waals surface area contributed by atoms with Gasteiger partial charge in [-0.1, -0.05) is 29.3 Å². The molecule has 0 aliphatic rings. The number of halogens is 3. The number of carbonyl (C=O) groups is 2. The molecule has 0 saturated heterocycles. The SMILES string of the molecule is O=C(Nc1cccc(F)c1)C(=O)Nc1cc(Cl)cc(Cl)c1. The molecule has 0 fully saturated rings. The molecule has 2 aromatic carbocycles. The maximum absolute atomic E-state index is 13.0. The average Bonchev–Trinajstić information content (AvgIpc) is 2.37. The highest BCUT2D eigenvalue weighted by atomic mass is 35.5. The van der Waals surface area contributed by atoms with Crippen molar-refractivity contribution in [3.63, 3.8) is 0 Å². The van der Waals surface area contributed by atoms with Crippen LogP contribution in [-0.4, -0.2) is 11.8 Å². The zero-order chi connectivity index (χ0) is 15.4. The topological polar surface area (TPSA) is 58.2 Å². The first-order valence-corrected chi connectivity index (χ1v) is 6.53. The smallest absolute Gasteiger partial charge is 0.314 e. The van der Waals surface area contributed by atoms with Crippen molar-refractivity contribution in [3.8, 4) is 0 Å². The Morgan fingerprint density at radius 2 is 1.43 bits per heavy atom. The normalized spacial score (nSPS) is 10.0. The van der Waals surface area contributed by atoms with Crippen LogP contribution in [0, 0.1) is 5.82 Å². The molecule has 0 unspecified atom stereocenters. The minimum Gasteiger partial charge on any atom is -0.318 e. The molecule has 2 aromatic rings. The number of benzene rings is 2. The number of hydrogen-bond acceptors (Lipinski definition) is 2. The van der Waals surface area contributed by atoms with Crippen LogP contribution in [-0.2, 0) is 9.59 Å². The van der Waals surface area contributed by atoms with E-state index in [1.165, 1.54) is 36.4 Å². The standard InChI is InChI=1S/C14H9Cl2FN2O2/c15-8-4-9(16)6-12(5-8)19-14(21)13(20)18-11-3-1-2-10(17)7-11/h1-7H,(H,18,20)(H,19,21). The minimum absolute atomic E-state index is 0.180. The van der Waals surface area contributed by atoms with Gasteiger partial charge in [-0.3, -0.25) is 9.59 Å². The molecule has 0 heterocycles. The molecule has 4 nitrogen and oxygen atoms in total. The highest BCUT2D eigenvalue weighted by Crippen LogP contribution is 2.22. The molecule has 0 aliphatic heterocycles. The van der Waals surface area contributed by atoms with Gasteiger partial charge in [0.1, 0.15) is 5.82 Å². The highest BCUT2D eigenvalue weighted by Gasteiger charge is 2.14. The number of carbonyl (C=O) groups excluding carboxylic acids is 2. The second kappa shape index (κ2) is 6.56. The molecule has 0 saturated carbocycles. The second-order valence-electron chi connectivity index (χ2n) is 4.08. The molecule has 0 aliphatic carbocycles. The van der Waals surface area contributed by atoms with Gasteiger partial charge in [0.2, 0.25) is 0 Å². The van der Waals surface area contributed by atoms with Crippen molar-refractivity contribution in [2.45, 2.75) is 0 Å². The Bertz CT molecular complexity index is 687. The van der Waals surface area contributed by atoms with E-state index in [0.717, 1.165) is 6.07 Å². The molecule has 0 radical (unpaired) electrons. The monoisotopic (exact) mass is 326 g/mol. The molecule has 108 valence electrons. The van der Waals surface area contributed by atoms with Crippen LogP contribution >= 0.6 is 23.2 Å². The Hall–Kier alpha value is -2.11. The molecule has 21 heavy (non-hydrogen) atoms. The maximum Gasteiger partial charge on any atom is 0.314 e. The van der Waals surface area contributed by atoms with E-state index in [4.69, 9.17) is 23.2 Å². The molecular weight excluding hydrogens is 318 g/mol. The molecule has 2 amide bonds. The van der Waals surface area contributed by atoms with Gasteiger partial charge < -0.3 is 10.6 Å². The summed E-state index contributed by atoms with van der Waals surface area (Å²) in [6, 6.07) is 9.59. The Kier molecular flexibility index (Phi) is 4.77. The van der Waals surface area contributed by atoms with Gasteiger partial charge in [-0.15, -0.1) is 0 Å². The van der Waals surface area contributed by atoms with Crippen molar-refractivity contribution < 1.29 is 14.0 Å². The molecule has 2 N–H and O–H groups in total. The van der Waals surface area contributed by atoms with Crippen molar-refractivity contribution in [2.75, 3.05) is 10.6 Å². The lowest BCUT2D eigenvalue weighted by Crippen LogP contribution is -2.29. The van der Waals surface area contributed by atoms with E-state index in [0.29, 0.717) is 10.0 Å². The number of rotatable bonds is 2. The predicted octanol–water partition coefficient (Wildman–Crippen LogP) is 3.71. The Morgan fingerprint density at radius 1 is 0.857 bits per heavy atom. The first-order chi connectivity index (χ1) is 9.94. The van der Waals surface area contributed by atoms with E-state index in [1.54, 1.807) is 0 Å². The summed E-state index contributed by atoms with van der Waals surface area (Å²) in [4.78, 5) is 23.4. The van der Waals surface area contributed by atoms with Crippen LogP contribution in [0.15, 0.2) is 42.5 Å². The summed E-state index contributed by atoms with van der Waals surface area (Å²) in [5.74, 6) is -2.37. The molecule has 0 spiro atoms. The summed E-state index contributed by atoms with van der Waals surface area (Å²) < 4.78 is 13.0. The zero-order valence-electron chi connectivity index (χ0n) is 10.5. The van der Waals surface area contributed by atoms with E-state index >= 15 is 0 Å². The zero-order valence-corrected chi connectivity index (χ0v) is 12.0. The van der Waals surface area contributed by atoms with Gasteiger partial charge in [0.25, 0.3) is 0 Å². The highest BCUT2D eigenvalue weighted by molar-refractivity contribution is 6.44. The first-order valence-electron chi connectivity index (χ1n) is 5.78. The third-order valence-corrected chi connectivity index (χ3v) is 2.85. The van der Waals surface area contributed by atoms with E-state index < -0.39 is 17.6 Å². The molecule has 2 rings (SSSR count). The third-order valence-electron chi connectivity index (χ3n) is 2.41. The van der Waals surface area contributed by atoms with Crippen LogP contribution in [0.3, 0.4) is 0 Å². The second-order valence-corrected chi connectivity index (χ2v) is 4.95. The summed E-state index contributed by atoms with van der Waals surface area (Å²) in [5, 5.41) is 5.26. The number of nitrogens with one attached hydrogen (secondary N) is 2. The lowest BCUT2D eigenvalue weighted by Gasteiger charge is -2.07. The van der Waals surface area contributed by atoms with Crippen molar-refractivity contribution >= 4 is 46.4 Å². The van der Waals surface area contributed by atoms with Gasteiger partial charge >= 0.3 is 11.8 Å². The molecule has 7 heteroatoms. The Balaban J connectivity index is 2.04. The van der Waals surface area contributed by atoms with E-state index in [2.05, 4.69) is 10.6 Å². The maximum atomic E-state index is 13.0. The summed E-state index contributed by atoms with van der Waals surface area (Å²) in [7, 11) is 0.